The molecule has 2 aromatic carbocycles. The van der Waals surface area contributed by atoms with Crippen molar-refractivity contribution < 1.29 is 4.92 Å². The monoisotopic (exact) mass is 321 g/mol. The van der Waals surface area contributed by atoms with Crippen molar-refractivity contribution in [2.24, 2.45) is 0 Å². The lowest BCUT2D eigenvalue weighted by Gasteiger charge is -2.07. The molecule has 2 aromatic rings. The lowest BCUT2D eigenvalue weighted by atomic mass is 10.2. The molecule has 0 unspecified atom stereocenters. The average Bonchev–Trinajstić information content (AvgIpc) is 2.36. The van der Waals surface area contributed by atoms with Gasteiger partial charge in [-0.1, -0.05) is 28.1 Å². The largest absolute Gasteiger partial charge is 0.393 e. The Labute approximate surface area is 118 Å². The van der Waals surface area contributed by atoms with Crippen LogP contribution in [0, 0.1) is 10.1 Å². The highest BCUT2D eigenvalue weighted by Gasteiger charge is 2.10. The molecule has 0 radical (unpaired) electrons. The summed E-state index contributed by atoms with van der Waals surface area (Å²) in [5, 5.41) is 13.8. The van der Waals surface area contributed by atoms with Gasteiger partial charge in [0.15, 0.2) is 0 Å². The maximum absolute atomic E-state index is 10.6. The van der Waals surface area contributed by atoms with Crippen molar-refractivity contribution in [3.05, 3.63) is 62.6 Å². The Hall–Kier alpha value is -2.08. The average molecular weight is 322 g/mol. The second-order valence-electron chi connectivity index (χ2n) is 4.01. The van der Waals surface area contributed by atoms with E-state index in [1.165, 1.54) is 6.07 Å². The van der Waals surface area contributed by atoms with E-state index in [0.717, 1.165) is 15.7 Å². The second-order valence-corrected chi connectivity index (χ2v) is 4.93. The van der Waals surface area contributed by atoms with Crippen LogP contribution >= 0.6 is 15.9 Å². The molecule has 3 N–H and O–H groups in total. The van der Waals surface area contributed by atoms with E-state index in [9.17, 15) is 10.1 Å². The standard InChI is InChI=1S/C13H12BrN3O2/c14-10-3-1-2-9(6-10)8-16-11-4-5-13(17(18)19)12(15)7-11/h1-7,16H,8,15H2. The number of nitrogens with two attached hydrogens (primary N) is 1. The number of rotatable bonds is 4. The van der Waals surface area contributed by atoms with Gasteiger partial charge in [-0.25, -0.2) is 0 Å². The predicted octanol–water partition coefficient (Wildman–Crippen LogP) is 3.55. The van der Waals surface area contributed by atoms with Crippen LogP contribution in [0.3, 0.4) is 0 Å². The number of nitro groups is 1. The summed E-state index contributed by atoms with van der Waals surface area (Å²) in [6.07, 6.45) is 0. The SMILES string of the molecule is Nc1cc(NCc2cccc(Br)c2)ccc1[N+](=O)[O-]. The Bertz CT molecular complexity index is 617. The molecule has 0 bridgehead atoms. The minimum Gasteiger partial charge on any atom is -0.393 e. The molecule has 2 rings (SSSR count). The third-order valence-electron chi connectivity index (χ3n) is 2.61. The summed E-state index contributed by atoms with van der Waals surface area (Å²) in [5.41, 5.74) is 7.56. The summed E-state index contributed by atoms with van der Waals surface area (Å²) in [6.45, 7) is 0.622. The van der Waals surface area contributed by atoms with E-state index in [-0.39, 0.29) is 11.4 Å². The predicted molar refractivity (Wildman–Crippen MR) is 79.0 cm³/mol. The first-order valence-corrected chi connectivity index (χ1v) is 6.38. The van der Waals surface area contributed by atoms with Crippen molar-refractivity contribution in [1.82, 2.24) is 0 Å². The molecule has 0 aromatic heterocycles. The van der Waals surface area contributed by atoms with E-state index in [0.29, 0.717) is 6.54 Å². The Balaban J connectivity index is 2.08. The van der Waals surface area contributed by atoms with Crippen molar-refractivity contribution in [1.29, 1.82) is 0 Å². The summed E-state index contributed by atoms with van der Waals surface area (Å²) < 4.78 is 1.01. The Morgan fingerprint density at radius 2 is 2.05 bits per heavy atom. The maximum Gasteiger partial charge on any atom is 0.292 e. The van der Waals surface area contributed by atoms with Crippen LogP contribution in [-0.4, -0.2) is 4.92 Å². The van der Waals surface area contributed by atoms with Gasteiger partial charge in [0.1, 0.15) is 5.69 Å². The first kappa shape index (κ1) is 13.4. The number of nitro benzene ring substituents is 1. The smallest absolute Gasteiger partial charge is 0.292 e. The molecule has 0 heterocycles. The van der Waals surface area contributed by atoms with Crippen molar-refractivity contribution in [2.45, 2.75) is 6.54 Å². The summed E-state index contributed by atoms with van der Waals surface area (Å²) in [6, 6.07) is 12.5. The van der Waals surface area contributed by atoms with Crippen LogP contribution < -0.4 is 11.1 Å². The number of nitrogen functional groups attached to an aromatic ring is 1. The lowest BCUT2D eigenvalue weighted by molar-refractivity contribution is -0.383. The quantitative estimate of drug-likeness (QED) is 0.512. The molecule has 0 saturated heterocycles. The minimum absolute atomic E-state index is 0.0759. The highest BCUT2D eigenvalue weighted by atomic mass is 79.9. The first-order chi connectivity index (χ1) is 9.06. The number of nitrogens with zero attached hydrogens (tertiary/aromatic N) is 1. The zero-order valence-electron chi connectivity index (χ0n) is 9.97. The van der Waals surface area contributed by atoms with Crippen LogP contribution in [0.25, 0.3) is 0 Å². The minimum atomic E-state index is -0.493. The van der Waals surface area contributed by atoms with E-state index in [2.05, 4.69) is 21.2 Å². The van der Waals surface area contributed by atoms with Gasteiger partial charge in [0.25, 0.3) is 5.69 Å². The van der Waals surface area contributed by atoms with Crippen molar-refractivity contribution in [3.8, 4) is 0 Å². The molecule has 0 fully saturated rings. The van der Waals surface area contributed by atoms with Crippen LogP contribution in [-0.2, 0) is 6.54 Å². The number of nitrogens with one attached hydrogen (secondary N) is 1. The van der Waals surface area contributed by atoms with Crippen LogP contribution in [0.5, 0.6) is 0 Å². The van der Waals surface area contributed by atoms with E-state index >= 15 is 0 Å². The molecule has 0 amide bonds. The second kappa shape index (κ2) is 5.71. The lowest BCUT2D eigenvalue weighted by Crippen LogP contribution is -2.01. The van der Waals surface area contributed by atoms with E-state index in [1.54, 1.807) is 12.1 Å². The Kier molecular flexibility index (Phi) is 4.01. The third-order valence-corrected chi connectivity index (χ3v) is 3.10. The summed E-state index contributed by atoms with van der Waals surface area (Å²) in [5.74, 6) is 0. The van der Waals surface area contributed by atoms with Gasteiger partial charge in [-0.2, -0.15) is 0 Å². The maximum atomic E-state index is 10.6. The molecule has 5 nitrogen and oxygen atoms in total. The topological polar surface area (TPSA) is 81.2 Å². The van der Waals surface area contributed by atoms with Gasteiger partial charge < -0.3 is 11.1 Å². The summed E-state index contributed by atoms with van der Waals surface area (Å²) >= 11 is 3.40. The summed E-state index contributed by atoms with van der Waals surface area (Å²) in [4.78, 5) is 10.2. The molecule has 0 aliphatic heterocycles. The molecular weight excluding hydrogens is 310 g/mol. The number of anilines is 2. The number of halogens is 1. The highest BCUT2D eigenvalue weighted by molar-refractivity contribution is 9.10. The van der Waals surface area contributed by atoms with Crippen molar-refractivity contribution in [2.75, 3.05) is 11.1 Å². The van der Waals surface area contributed by atoms with Gasteiger partial charge >= 0.3 is 0 Å². The van der Waals surface area contributed by atoms with Crippen LogP contribution in [0.1, 0.15) is 5.56 Å². The third kappa shape index (κ3) is 3.45. The molecule has 6 heteroatoms. The molecule has 0 aliphatic rings. The molecule has 0 atom stereocenters. The molecule has 0 spiro atoms. The van der Waals surface area contributed by atoms with Crippen LogP contribution in [0.2, 0.25) is 0 Å². The van der Waals surface area contributed by atoms with Crippen molar-refractivity contribution in [3.63, 3.8) is 0 Å². The summed E-state index contributed by atoms with van der Waals surface area (Å²) in [7, 11) is 0. The van der Waals surface area contributed by atoms with E-state index in [1.807, 2.05) is 24.3 Å². The highest BCUT2D eigenvalue weighted by Crippen LogP contribution is 2.25. The Morgan fingerprint density at radius 1 is 1.26 bits per heavy atom. The van der Waals surface area contributed by atoms with Crippen LogP contribution in [0.15, 0.2) is 46.9 Å². The fourth-order valence-corrected chi connectivity index (χ4v) is 2.13. The number of hydrogen-bond acceptors (Lipinski definition) is 4. The normalized spacial score (nSPS) is 10.2. The van der Waals surface area contributed by atoms with Gasteiger partial charge in [-0.05, 0) is 29.8 Å². The van der Waals surface area contributed by atoms with Gasteiger partial charge in [0, 0.05) is 22.8 Å². The molecule has 0 saturated carbocycles. The van der Waals surface area contributed by atoms with Crippen LogP contribution in [0.4, 0.5) is 17.1 Å². The van der Waals surface area contributed by atoms with Gasteiger partial charge in [0.05, 0.1) is 4.92 Å². The fraction of sp³-hybridized carbons (Fsp3) is 0.0769. The van der Waals surface area contributed by atoms with Gasteiger partial charge in [0.2, 0.25) is 0 Å². The molecule has 98 valence electrons. The van der Waals surface area contributed by atoms with Crippen molar-refractivity contribution >= 4 is 33.0 Å². The number of benzene rings is 2. The first-order valence-electron chi connectivity index (χ1n) is 5.58. The van der Waals surface area contributed by atoms with Gasteiger partial charge in [-0.3, -0.25) is 10.1 Å². The Morgan fingerprint density at radius 3 is 2.68 bits per heavy atom. The zero-order chi connectivity index (χ0) is 13.8. The molecule has 0 aliphatic carbocycles. The zero-order valence-corrected chi connectivity index (χ0v) is 11.6. The molecule has 19 heavy (non-hydrogen) atoms. The van der Waals surface area contributed by atoms with E-state index < -0.39 is 4.92 Å². The fourth-order valence-electron chi connectivity index (χ4n) is 1.68. The van der Waals surface area contributed by atoms with Gasteiger partial charge in [-0.15, -0.1) is 0 Å². The number of hydrogen-bond donors (Lipinski definition) is 2. The van der Waals surface area contributed by atoms with E-state index in [4.69, 9.17) is 5.73 Å². The molecular formula is C13H12BrN3O2.